The van der Waals surface area contributed by atoms with Gasteiger partial charge in [0.1, 0.15) is 11.6 Å². The van der Waals surface area contributed by atoms with Crippen LogP contribution in [0.2, 0.25) is 0 Å². The fraction of sp³-hybridized carbons (Fsp3) is 0.500. The Labute approximate surface area is 104 Å². The van der Waals surface area contributed by atoms with Gasteiger partial charge in [0.15, 0.2) is 0 Å². The van der Waals surface area contributed by atoms with Gasteiger partial charge in [0.2, 0.25) is 0 Å². The van der Waals surface area contributed by atoms with Crippen molar-refractivity contribution < 1.29 is 9.13 Å². The maximum Gasteiger partial charge on any atom is 0.137 e. The summed E-state index contributed by atoms with van der Waals surface area (Å²) in [4.78, 5) is 0. The molecule has 0 fully saturated rings. The van der Waals surface area contributed by atoms with E-state index in [-0.39, 0.29) is 5.82 Å². The molecule has 1 aromatic carbocycles. The minimum atomic E-state index is -0.268. The normalized spacial score (nSPS) is 10.4. The van der Waals surface area contributed by atoms with Gasteiger partial charge in [-0.3, -0.25) is 0 Å². The average molecular weight is 290 g/mol. The molecule has 0 aliphatic heterocycles. The summed E-state index contributed by atoms with van der Waals surface area (Å²) in [6.45, 7) is 1.43. The second-order valence-electron chi connectivity index (χ2n) is 3.63. The Bertz CT molecular complexity index is 320. The van der Waals surface area contributed by atoms with Crippen molar-refractivity contribution in [3.8, 4) is 5.75 Å². The third-order valence-corrected chi connectivity index (χ3v) is 2.87. The lowest BCUT2D eigenvalue weighted by Gasteiger charge is -2.06. The van der Waals surface area contributed by atoms with Gasteiger partial charge in [-0.1, -0.05) is 12.8 Å². The number of ether oxygens (including phenoxy) is 1. The minimum Gasteiger partial charge on any atom is -0.494 e. The quantitative estimate of drug-likeness (QED) is 0.780. The second-order valence-corrected chi connectivity index (χ2v) is 4.48. The molecule has 0 radical (unpaired) electrons. The highest BCUT2D eigenvalue weighted by Crippen LogP contribution is 2.21. The first-order chi connectivity index (χ1) is 7.74. The first-order valence-corrected chi connectivity index (χ1v) is 6.31. The largest absolute Gasteiger partial charge is 0.494 e. The molecular weight excluding hydrogens is 273 g/mol. The van der Waals surface area contributed by atoms with Gasteiger partial charge in [0, 0.05) is 0 Å². The molecule has 0 heterocycles. The molecule has 0 saturated carbocycles. The third-order valence-electron chi connectivity index (χ3n) is 2.26. The highest BCUT2D eigenvalue weighted by molar-refractivity contribution is 9.10. The molecule has 0 aliphatic rings. The second kappa shape index (κ2) is 7.63. The predicted molar refractivity (Wildman–Crippen MR) is 67.1 cm³/mol. The van der Waals surface area contributed by atoms with Crippen LogP contribution in [0.1, 0.15) is 25.7 Å². The summed E-state index contributed by atoms with van der Waals surface area (Å²) in [5.74, 6) is 0.433. The molecule has 0 amide bonds. The van der Waals surface area contributed by atoms with E-state index in [1.807, 2.05) is 0 Å². The highest BCUT2D eigenvalue weighted by atomic mass is 79.9. The maximum absolute atomic E-state index is 12.9. The van der Waals surface area contributed by atoms with Crippen LogP contribution in [0.3, 0.4) is 0 Å². The van der Waals surface area contributed by atoms with Crippen molar-refractivity contribution in [1.82, 2.24) is 0 Å². The molecule has 4 heteroatoms. The predicted octanol–water partition coefficient (Wildman–Crippen LogP) is 3.49. The van der Waals surface area contributed by atoms with Crippen LogP contribution in [-0.4, -0.2) is 13.2 Å². The Kier molecular flexibility index (Phi) is 6.42. The van der Waals surface area contributed by atoms with E-state index in [2.05, 4.69) is 15.9 Å². The van der Waals surface area contributed by atoms with Crippen molar-refractivity contribution in [2.75, 3.05) is 13.2 Å². The summed E-state index contributed by atoms with van der Waals surface area (Å²) in [6.07, 6.45) is 4.35. The number of hydrogen-bond donors (Lipinski definition) is 1. The molecular formula is C12H17BrFNO. The van der Waals surface area contributed by atoms with Gasteiger partial charge in [0.25, 0.3) is 0 Å². The summed E-state index contributed by atoms with van der Waals surface area (Å²) < 4.78 is 18.8. The van der Waals surface area contributed by atoms with E-state index < -0.39 is 0 Å². The van der Waals surface area contributed by atoms with E-state index in [0.29, 0.717) is 16.8 Å². The molecule has 0 saturated heterocycles. The monoisotopic (exact) mass is 289 g/mol. The fourth-order valence-electron chi connectivity index (χ4n) is 1.36. The molecule has 2 N–H and O–H groups in total. The molecule has 0 aromatic heterocycles. The van der Waals surface area contributed by atoms with E-state index in [0.717, 1.165) is 32.2 Å². The lowest BCUT2D eigenvalue weighted by Crippen LogP contribution is -2.00. The number of benzene rings is 1. The third kappa shape index (κ3) is 4.94. The van der Waals surface area contributed by atoms with E-state index >= 15 is 0 Å². The smallest absolute Gasteiger partial charge is 0.137 e. The average Bonchev–Trinajstić information content (AvgIpc) is 2.28. The molecule has 0 spiro atoms. The standard InChI is InChI=1S/C12H17BrFNO/c13-11-9-10(5-6-12(11)14)16-8-4-2-1-3-7-15/h5-6,9H,1-4,7-8,15H2. The topological polar surface area (TPSA) is 35.2 Å². The van der Waals surface area contributed by atoms with Crippen LogP contribution in [0.5, 0.6) is 5.75 Å². The van der Waals surface area contributed by atoms with Crippen molar-refractivity contribution in [2.45, 2.75) is 25.7 Å². The Morgan fingerprint density at radius 3 is 2.62 bits per heavy atom. The van der Waals surface area contributed by atoms with Crippen molar-refractivity contribution in [3.05, 3.63) is 28.5 Å². The molecule has 0 bridgehead atoms. The summed E-state index contributed by atoms with van der Waals surface area (Å²) in [7, 11) is 0. The molecule has 0 atom stereocenters. The van der Waals surface area contributed by atoms with E-state index in [9.17, 15) is 4.39 Å². The van der Waals surface area contributed by atoms with Gasteiger partial charge in [-0.15, -0.1) is 0 Å². The number of hydrogen-bond acceptors (Lipinski definition) is 2. The van der Waals surface area contributed by atoms with E-state index in [1.54, 1.807) is 12.1 Å². The Hall–Kier alpha value is -0.610. The Morgan fingerprint density at radius 2 is 1.94 bits per heavy atom. The van der Waals surface area contributed by atoms with Crippen LogP contribution in [0.25, 0.3) is 0 Å². The SMILES string of the molecule is NCCCCCCOc1ccc(F)c(Br)c1. The zero-order chi connectivity index (χ0) is 11.8. The fourth-order valence-corrected chi connectivity index (χ4v) is 1.71. The number of nitrogens with two attached hydrogens (primary N) is 1. The van der Waals surface area contributed by atoms with Crippen molar-refractivity contribution in [1.29, 1.82) is 0 Å². The van der Waals surface area contributed by atoms with Crippen LogP contribution in [0.4, 0.5) is 4.39 Å². The Morgan fingerprint density at radius 1 is 1.19 bits per heavy atom. The van der Waals surface area contributed by atoms with Crippen molar-refractivity contribution in [3.63, 3.8) is 0 Å². The van der Waals surface area contributed by atoms with E-state index in [4.69, 9.17) is 10.5 Å². The molecule has 16 heavy (non-hydrogen) atoms. The highest BCUT2D eigenvalue weighted by Gasteiger charge is 2.00. The maximum atomic E-state index is 12.9. The van der Waals surface area contributed by atoms with Crippen molar-refractivity contribution >= 4 is 15.9 Å². The summed E-state index contributed by atoms with van der Waals surface area (Å²) in [5, 5.41) is 0. The van der Waals surface area contributed by atoms with Crippen molar-refractivity contribution in [2.24, 2.45) is 5.73 Å². The van der Waals surface area contributed by atoms with Crippen LogP contribution in [0, 0.1) is 5.82 Å². The van der Waals surface area contributed by atoms with E-state index in [1.165, 1.54) is 6.07 Å². The number of unbranched alkanes of at least 4 members (excludes halogenated alkanes) is 3. The van der Waals surface area contributed by atoms with Gasteiger partial charge in [0.05, 0.1) is 11.1 Å². The molecule has 90 valence electrons. The summed E-state index contributed by atoms with van der Waals surface area (Å²) in [5.41, 5.74) is 5.39. The molecule has 0 aliphatic carbocycles. The number of halogens is 2. The van der Waals surface area contributed by atoms with Gasteiger partial charge >= 0.3 is 0 Å². The first kappa shape index (κ1) is 13.5. The zero-order valence-corrected chi connectivity index (χ0v) is 10.8. The van der Waals surface area contributed by atoms with Crippen LogP contribution >= 0.6 is 15.9 Å². The van der Waals surface area contributed by atoms with Gasteiger partial charge in [-0.2, -0.15) is 0 Å². The minimum absolute atomic E-state index is 0.268. The van der Waals surface area contributed by atoms with Gasteiger partial charge in [-0.05, 0) is 53.5 Å². The summed E-state index contributed by atoms with van der Waals surface area (Å²) >= 11 is 3.12. The molecule has 0 unspecified atom stereocenters. The lowest BCUT2D eigenvalue weighted by atomic mass is 10.2. The van der Waals surface area contributed by atoms with Gasteiger partial charge in [-0.25, -0.2) is 4.39 Å². The molecule has 1 aromatic rings. The first-order valence-electron chi connectivity index (χ1n) is 5.52. The lowest BCUT2D eigenvalue weighted by molar-refractivity contribution is 0.304. The number of rotatable bonds is 7. The summed E-state index contributed by atoms with van der Waals surface area (Å²) in [6, 6.07) is 4.68. The van der Waals surface area contributed by atoms with Gasteiger partial charge < -0.3 is 10.5 Å². The molecule has 2 nitrogen and oxygen atoms in total. The van der Waals surface area contributed by atoms with Crippen LogP contribution in [-0.2, 0) is 0 Å². The Balaban J connectivity index is 2.19. The van der Waals surface area contributed by atoms with Crippen LogP contribution < -0.4 is 10.5 Å². The molecule has 1 rings (SSSR count). The van der Waals surface area contributed by atoms with Crippen LogP contribution in [0.15, 0.2) is 22.7 Å². The zero-order valence-electron chi connectivity index (χ0n) is 9.22.